The Balaban J connectivity index is 2.15. The number of carbonyl (C=O) groups is 1. The van der Waals surface area contributed by atoms with E-state index in [1.807, 2.05) is 24.3 Å². The number of hydrogen-bond acceptors (Lipinski definition) is 5. The minimum absolute atomic E-state index is 0.0245. The topological polar surface area (TPSA) is 78.7 Å². The van der Waals surface area contributed by atoms with Crippen molar-refractivity contribution in [3.8, 4) is 16.9 Å². The van der Waals surface area contributed by atoms with Crippen LogP contribution in [-0.2, 0) is 15.1 Å². The molecule has 1 atom stereocenters. The highest BCUT2D eigenvalue weighted by molar-refractivity contribution is 5.80. The molecule has 124 valence electrons. The van der Waals surface area contributed by atoms with Crippen molar-refractivity contribution in [2.45, 2.75) is 25.9 Å². The Morgan fingerprint density at radius 1 is 1.25 bits per heavy atom. The number of fused-ring (bicyclic) bond motifs is 3. The molecule has 24 heavy (non-hydrogen) atoms. The summed E-state index contributed by atoms with van der Waals surface area (Å²) in [6, 6.07) is 12.1. The number of esters is 1. The first-order valence-corrected chi connectivity index (χ1v) is 7.67. The van der Waals surface area contributed by atoms with E-state index in [0.717, 1.165) is 11.1 Å². The van der Waals surface area contributed by atoms with Crippen molar-refractivity contribution in [2.75, 3.05) is 6.61 Å². The van der Waals surface area contributed by atoms with Crippen LogP contribution in [0.5, 0.6) is 5.75 Å². The number of carbonyl (C=O) groups excluding carboxylic acids is 1. The smallest absolute Gasteiger partial charge is 0.310 e. The van der Waals surface area contributed by atoms with Crippen molar-refractivity contribution in [1.82, 2.24) is 0 Å². The largest absolute Gasteiger partial charge is 0.482 e. The van der Waals surface area contributed by atoms with E-state index in [9.17, 15) is 14.9 Å². The Morgan fingerprint density at radius 2 is 2.00 bits per heavy atom. The monoisotopic (exact) mass is 327 g/mol. The van der Waals surface area contributed by atoms with Gasteiger partial charge in [0.2, 0.25) is 0 Å². The summed E-state index contributed by atoms with van der Waals surface area (Å²) in [6.07, 6.45) is -0.0245. The van der Waals surface area contributed by atoms with Gasteiger partial charge in [0, 0.05) is 23.3 Å². The lowest BCUT2D eigenvalue weighted by Crippen LogP contribution is -2.36. The van der Waals surface area contributed by atoms with Gasteiger partial charge in [-0.1, -0.05) is 18.2 Å². The fourth-order valence-electron chi connectivity index (χ4n) is 3.01. The summed E-state index contributed by atoms with van der Waals surface area (Å²) in [5.74, 6) is 0.238. The summed E-state index contributed by atoms with van der Waals surface area (Å²) >= 11 is 0. The van der Waals surface area contributed by atoms with Crippen molar-refractivity contribution < 1.29 is 19.2 Å². The van der Waals surface area contributed by atoms with Crippen molar-refractivity contribution in [1.29, 1.82) is 0 Å². The van der Waals surface area contributed by atoms with Gasteiger partial charge in [-0.2, -0.15) is 0 Å². The molecule has 0 N–H and O–H groups in total. The van der Waals surface area contributed by atoms with E-state index in [0.29, 0.717) is 11.3 Å². The Labute approximate surface area is 139 Å². The highest BCUT2D eigenvalue weighted by Crippen LogP contribution is 2.47. The summed E-state index contributed by atoms with van der Waals surface area (Å²) < 4.78 is 11.1. The third-order valence-electron chi connectivity index (χ3n) is 4.08. The Morgan fingerprint density at radius 3 is 2.71 bits per heavy atom. The number of para-hydroxylation sites is 1. The maximum atomic E-state index is 12.0. The zero-order chi connectivity index (χ0) is 17.3. The second-order valence-corrected chi connectivity index (χ2v) is 5.80. The van der Waals surface area contributed by atoms with Crippen molar-refractivity contribution in [3.05, 3.63) is 58.1 Å². The lowest BCUT2D eigenvalue weighted by molar-refractivity contribution is -0.385. The molecule has 3 rings (SSSR count). The second kappa shape index (κ2) is 5.96. The molecule has 0 aliphatic carbocycles. The fraction of sp³-hybridized carbons (Fsp3) is 0.278. The zero-order valence-corrected chi connectivity index (χ0v) is 13.4. The number of benzene rings is 2. The first kappa shape index (κ1) is 16.0. The highest BCUT2D eigenvalue weighted by Gasteiger charge is 2.40. The Bertz CT molecular complexity index is 817. The van der Waals surface area contributed by atoms with Crippen molar-refractivity contribution in [2.24, 2.45) is 0 Å². The van der Waals surface area contributed by atoms with Crippen LogP contribution in [0.25, 0.3) is 11.1 Å². The molecule has 1 heterocycles. The van der Waals surface area contributed by atoms with E-state index in [-0.39, 0.29) is 18.7 Å². The average Bonchev–Trinajstić information content (AvgIpc) is 2.54. The third kappa shape index (κ3) is 2.71. The number of nitrogens with zero attached hydrogens (tertiary/aromatic N) is 1. The van der Waals surface area contributed by atoms with E-state index >= 15 is 0 Å². The minimum Gasteiger partial charge on any atom is -0.482 e. The maximum Gasteiger partial charge on any atom is 0.310 e. The molecule has 0 saturated carbocycles. The molecule has 0 saturated heterocycles. The van der Waals surface area contributed by atoms with Crippen LogP contribution in [0.15, 0.2) is 42.5 Å². The standard InChI is InChI=1S/C18H17NO5/c1-3-23-17(20)11-18(2)15-10-12(19(21)22)8-9-13(15)14-6-4-5-7-16(14)24-18/h4-10H,3,11H2,1-2H3. The van der Waals surface area contributed by atoms with Gasteiger partial charge in [0.15, 0.2) is 0 Å². The number of nitro groups is 1. The van der Waals surface area contributed by atoms with E-state index < -0.39 is 16.5 Å². The molecular weight excluding hydrogens is 310 g/mol. The van der Waals surface area contributed by atoms with Crippen LogP contribution in [0, 0.1) is 10.1 Å². The number of rotatable bonds is 4. The van der Waals surface area contributed by atoms with E-state index in [1.54, 1.807) is 19.9 Å². The van der Waals surface area contributed by atoms with Crippen LogP contribution in [-0.4, -0.2) is 17.5 Å². The molecule has 6 heteroatoms. The van der Waals surface area contributed by atoms with Gasteiger partial charge in [0.05, 0.1) is 18.0 Å². The van der Waals surface area contributed by atoms with Gasteiger partial charge in [-0.25, -0.2) is 0 Å². The van der Waals surface area contributed by atoms with Crippen LogP contribution in [0.4, 0.5) is 5.69 Å². The van der Waals surface area contributed by atoms with Gasteiger partial charge < -0.3 is 9.47 Å². The van der Waals surface area contributed by atoms with Crippen LogP contribution >= 0.6 is 0 Å². The van der Waals surface area contributed by atoms with Gasteiger partial charge in [0.1, 0.15) is 11.4 Å². The molecule has 6 nitrogen and oxygen atoms in total. The summed E-state index contributed by atoms with van der Waals surface area (Å²) in [5, 5.41) is 11.1. The SMILES string of the molecule is CCOC(=O)CC1(C)Oc2ccccc2-c2ccc([N+](=O)[O-])cc21. The molecule has 2 aromatic carbocycles. The predicted octanol–water partition coefficient (Wildman–Crippen LogP) is 3.82. The Kier molecular flexibility index (Phi) is 3.97. The molecule has 1 aliphatic rings. The summed E-state index contributed by atoms with van der Waals surface area (Å²) in [4.78, 5) is 22.7. The van der Waals surface area contributed by atoms with Crippen LogP contribution < -0.4 is 4.74 Å². The molecule has 2 aromatic rings. The quantitative estimate of drug-likeness (QED) is 0.484. The lowest BCUT2D eigenvalue weighted by Gasteiger charge is -2.36. The van der Waals surface area contributed by atoms with Crippen molar-refractivity contribution in [3.63, 3.8) is 0 Å². The molecule has 0 amide bonds. The zero-order valence-electron chi connectivity index (χ0n) is 13.4. The lowest BCUT2D eigenvalue weighted by atomic mass is 9.83. The minimum atomic E-state index is -1.03. The number of hydrogen-bond donors (Lipinski definition) is 0. The first-order chi connectivity index (χ1) is 11.4. The molecule has 0 bridgehead atoms. The van der Waals surface area contributed by atoms with Crippen molar-refractivity contribution >= 4 is 11.7 Å². The molecule has 0 aromatic heterocycles. The van der Waals surface area contributed by atoms with Gasteiger partial charge >= 0.3 is 5.97 Å². The van der Waals surface area contributed by atoms with E-state index in [4.69, 9.17) is 9.47 Å². The molecule has 1 aliphatic heterocycles. The maximum absolute atomic E-state index is 12.0. The van der Waals surface area contributed by atoms with Crippen LogP contribution in [0.2, 0.25) is 0 Å². The van der Waals surface area contributed by atoms with E-state index in [2.05, 4.69) is 0 Å². The second-order valence-electron chi connectivity index (χ2n) is 5.80. The first-order valence-electron chi connectivity index (χ1n) is 7.67. The number of non-ortho nitro benzene ring substituents is 1. The van der Waals surface area contributed by atoms with Gasteiger partial charge in [-0.15, -0.1) is 0 Å². The molecule has 0 spiro atoms. The summed E-state index contributed by atoms with van der Waals surface area (Å²) in [7, 11) is 0. The normalized spacial score (nSPS) is 18.1. The van der Waals surface area contributed by atoms with Gasteiger partial charge in [-0.3, -0.25) is 14.9 Å². The molecule has 1 unspecified atom stereocenters. The summed E-state index contributed by atoms with van der Waals surface area (Å²) in [6.45, 7) is 3.76. The Hall–Kier alpha value is -2.89. The fourth-order valence-corrected chi connectivity index (χ4v) is 3.01. The van der Waals surface area contributed by atoms with Crippen LogP contribution in [0.1, 0.15) is 25.8 Å². The van der Waals surface area contributed by atoms with Gasteiger partial charge in [-0.05, 0) is 31.5 Å². The molecule has 0 fully saturated rings. The summed E-state index contributed by atoms with van der Waals surface area (Å²) in [5.41, 5.74) is 1.23. The van der Waals surface area contributed by atoms with Gasteiger partial charge in [0.25, 0.3) is 5.69 Å². The number of ether oxygens (including phenoxy) is 2. The molecule has 0 radical (unpaired) electrons. The predicted molar refractivity (Wildman–Crippen MR) is 87.8 cm³/mol. The highest BCUT2D eigenvalue weighted by atomic mass is 16.6. The average molecular weight is 327 g/mol. The van der Waals surface area contributed by atoms with E-state index in [1.165, 1.54) is 12.1 Å². The van der Waals surface area contributed by atoms with Crippen LogP contribution in [0.3, 0.4) is 0 Å². The molecular formula is C18H17NO5. The number of nitro benzene ring substituents is 1. The third-order valence-corrected chi connectivity index (χ3v) is 4.08.